The van der Waals surface area contributed by atoms with Gasteiger partial charge in [0.15, 0.2) is 5.96 Å². The minimum Gasteiger partial charge on any atom is -0.369 e. The van der Waals surface area contributed by atoms with Gasteiger partial charge in [-0.2, -0.15) is 0 Å². The molecule has 1 aliphatic heterocycles. The summed E-state index contributed by atoms with van der Waals surface area (Å²) < 4.78 is 2.15. The molecule has 7 nitrogen and oxygen atoms in total. The molecular weight excluding hydrogens is 328 g/mol. The van der Waals surface area contributed by atoms with E-state index in [2.05, 4.69) is 44.4 Å². The van der Waals surface area contributed by atoms with Crippen LogP contribution in [0.3, 0.4) is 0 Å². The molecule has 0 radical (unpaired) electrons. The molecule has 1 aromatic rings. The molecular formula is C19H34N6O. The van der Waals surface area contributed by atoms with Crippen LogP contribution in [0.25, 0.3) is 0 Å². The van der Waals surface area contributed by atoms with Gasteiger partial charge in [0.1, 0.15) is 0 Å². The number of aliphatic imine (C=N–C) groups is 1. The Balaban J connectivity index is 1.58. The third kappa shape index (κ3) is 7.47. The van der Waals surface area contributed by atoms with Crippen molar-refractivity contribution < 1.29 is 4.79 Å². The summed E-state index contributed by atoms with van der Waals surface area (Å²) in [7, 11) is 0. The van der Waals surface area contributed by atoms with E-state index < -0.39 is 0 Å². The molecule has 1 aliphatic rings. The minimum atomic E-state index is -0.140. The molecule has 1 amide bonds. The van der Waals surface area contributed by atoms with Gasteiger partial charge < -0.3 is 25.8 Å². The lowest BCUT2D eigenvalue weighted by Crippen LogP contribution is -2.39. The van der Waals surface area contributed by atoms with Gasteiger partial charge in [0.2, 0.25) is 5.91 Å². The van der Waals surface area contributed by atoms with Gasteiger partial charge in [0, 0.05) is 44.5 Å². The molecule has 0 saturated carbocycles. The van der Waals surface area contributed by atoms with Gasteiger partial charge in [0.25, 0.3) is 0 Å². The molecule has 7 heteroatoms. The average Bonchev–Trinajstić information content (AvgIpc) is 3.15. The van der Waals surface area contributed by atoms with Crippen molar-refractivity contribution in [2.75, 3.05) is 39.3 Å². The molecule has 1 aromatic heterocycles. The van der Waals surface area contributed by atoms with Crippen molar-refractivity contribution in [1.29, 1.82) is 0 Å². The highest BCUT2D eigenvalue weighted by atomic mass is 16.1. The van der Waals surface area contributed by atoms with Crippen molar-refractivity contribution in [2.24, 2.45) is 16.6 Å². The first-order valence-electron chi connectivity index (χ1n) is 9.83. The van der Waals surface area contributed by atoms with E-state index in [0.29, 0.717) is 0 Å². The van der Waals surface area contributed by atoms with E-state index in [1.54, 1.807) is 0 Å². The lowest BCUT2D eigenvalue weighted by atomic mass is 9.96. The Morgan fingerprint density at radius 3 is 2.54 bits per heavy atom. The molecule has 26 heavy (non-hydrogen) atoms. The molecule has 4 N–H and O–H groups in total. The molecule has 0 unspecified atom stereocenters. The van der Waals surface area contributed by atoms with E-state index in [9.17, 15) is 4.79 Å². The third-order valence-electron chi connectivity index (χ3n) is 4.82. The Kier molecular flexibility index (Phi) is 9.03. The maximum atomic E-state index is 11.2. The first-order chi connectivity index (χ1) is 12.7. The molecule has 0 spiro atoms. The fourth-order valence-corrected chi connectivity index (χ4v) is 3.24. The van der Waals surface area contributed by atoms with Crippen LogP contribution in [0.2, 0.25) is 0 Å². The largest absolute Gasteiger partial charge is 0.369 e. The number of rotatable bonds is 10. The monoisotopic (exact) mass is 362 g/mol. The first kappa shape index (κ1) is 20.3. The molecule has 1 fully saturated rings. The maximum absolute atomic E-state index is 11.2. The molecule has 0 aliphatic carbocycles. The number of aromatic nitrogens is 1. The van der Waals surface area contributed by atoms with Crippen molar-refractivity contribution in [1.82, 2.24) is 20.1 Å². The number of primary amides is 1. The van der Waals surface area contributed by atoms with Crippen LogP contribution in [0.4, 0.5) is 0 Å². The van der Waals surface area contributed by atoms with Crippen LogP contribution in [-0.2, 0) is 11.3 Å². The summed E-state index contributed by atoms with van der Waals surface area (Å²) in [6, 6.07) is 4.07. The summed E-state index contributed by atoms with van der Waals surface area (Å²) in [6.45, 7) is 8.62. The molecule has 146 valence electrons. The minimum absolute atomic E-state index is 0.0798. The predicted octanol–water partition coefficient (Wildman–Crippen LogP) is 1.02. The summed E-state index contributed by atoms with van der Waals surface area (Å²) in [5.74, 6) is 0.831. The number of carbonyl (C=O) groups excluding carboxylic acids is 1. The van der Waals surface area contributed by atoms with Gasteiger partial charge in [-0.3, -0.25) is 9.79 Å². The molecule has 0 bridgehead atoms. The Bertz CT molecular complexity index is 534. The number of unbranched alkanes of at least 4 members (excludes halogenated alkanes) is 1. The van der Waals surface area contributed by atoms with Crippen molar-refractivity contribution in [3.63, 3.8) is 0 Å². The molecule has 2 heterocycles. The van der Waals surface area contributed by atoms with E-state index in [0.717, 1.165) is 77.5 Å². The SMILES string of the molecule is CCNC(=NCCCCN1CCC(C(N)=O)CC1)NCCn1cccc1. The van der Waals surface area contributed by atoms with Gasteiger partial charge >= 0.3 is 0 Å². The quantitative estimate of drug-likeness (QED) is 0.329. The molecule has 1 saturated heterocycles. The highest BCUT2D eigenvalue weighted by Gasteiger charge is 2.22. The fraction of sp³-hybridized carbons (Fsp3) is 0.684. The smallest absolute Gasteiger partial charge is 0.220 e. The standard InChI is InChI=1S/C19H34N6O/c1-2-21-19(23-10-16-24-12-5-6-13-24)22-9-3-4-11-25-14-7-17(8-15-25)18(20)26/h5-6,12-13,17H,2-4,7-11,14-16H2,1H3,(H2,20,26)(H2,21,22,23). The zero-order chi connectivity index (χ0) is 18.6. The number of likely N-dealkylation sites (tertiary alicyclic amines) is 1. The zero-order valence-electron chi connectivity index (χ0n) is 16.0. The topological polar surface area (TPSA) is 87.7 Å². The van der Waals surface area contributed by atoms with Crippen molar-refractivity contribution in [3.05, 3.63) is 24.5 Å². The fourth-order valence-electron chi connectivity index (χ4n) is 3.24. The second kappa shape index (κ2) is 11.6. The molecule has 0 atom stereocenters. The summed E-state index contributed by atoms with van der Waals surface area (Å²) >= 11 is 0. The van der Waals surface area contributed by atoms with Crippen LogP contribution in [0.5, 0.6) is 0 Å². The van der Waals surface area contributed by atoms with Gasteiger partial charge in [-0.05, 0) is 64.4 Å². The van der Waals surface area contributed by atoms with Crippen LogP contribution in [-0.4, -0.2) is 60.6 Å². The highest BCUT2D eigenvalue weighted by Crippen LogP contribution is 2.16. The van der Waals surface area contributed by atoms with Crippen LogP contribution in [0.15, 0.2) is 29.5 Å². The van der Waals surface area contributed by atoms with Crippen molar-refractivity contribution in [2.45, 2.75) is 39.2 Å². The van der Waals surface area contributed by atoms with Crippen molar-refractivity contribution in [3.8, 4) is 0 Å². The summed E-state index contributed by atoms with van der Waals surface area (Å²) in [4.78, 5) is 18.3. The van der Waals surface area contributed by atoms with Crippen molar-refractivity contribution >= 4 is 11.9 Å². The van der Waals surface area contributed by atoms with Crippen LogP contribution in [0.1, 0.15) is 32.6 Å². The average molecular weight is 363 g/mol. The normalized spacial score (nSPS) is 16.6. The molecule has 2 rings (SSSR count). The number of nitrogens with zero attached hydrogens (tertiary/aromatic N) is 3. The number of hydrogen-bond acceptors (Lipinski definition) is 3. The number of guanidine groups is 1. The third-order valence-corrected chi connectivity index (χ3v) is 4.82. The Hall–Kier alpha value is -2.02. The predicted molar refractivity (Wildman–Crippen MR) is 106 cm³/mol. The number of carbonyl (C=O) groups is 1. The Morgan fingerprint density at radius 1 is 1.15 bits per heavy atom. The van der Waals surface area contributed by atoms with Crippen LogP contribution < -0.4 is 16.4 Å². The van der Waals surface area contributed by atoms with E-state index in [-0.39, 0.29) is 11.8 Å². The van der Waals surface area contributed by atoms with Gasteiger partial charge in [-0.1, -0.05) is 0 Å². The van der Waals surface area contributed by atoms with E-state index in [1.165, 1.54) is 0 Å². The summed E-state index contributed by atoms with van der Waals surface area (Å²) in [6.07, 6.45) is 8.15. The van der Waals surface area contributed by atoms with Crippen LogP contribution >= 0.6 is 0 Å². The van der Waals surface area contributed by atoms with Gasteiger partial charge in [-0.15, -0.1) is 0 Å². The first-order valence-corrected chi connectivity index (χ1v) is 9.83. The zero-order valence-corrected chi connectivity index (χ0v) is 16.0. The van der Waals surface area contributed by atoms with E-state index in [1.807, 2.05) is 12.1 Å². The lowest BCUT2D eigenvalue weighted by Gasteiger charge is -2.30. The number of hydrogen-bond donors (Lipinski definition) is 3. The molecule has 0 aromatic carbocycles. The number of nitrogens with one attached hydrogen (secondary N) is 2. The number of piperidine rings is 1. The summed E-state index contributed by atoms with van der Waals surface area (Å²) in [5.41, 5.74) is 5.38. The second-order valence-electron chi connectivity index (χ2n) is 6.83. The van der Waals surface area contributed by atoms with Gasteiger partial charge in [-0.25, -0.2) is 0 Å². The number of amides is 1. The number of nitrogens with two attached hydrogens (primary N) is 1. The van der Waals surface area contributed by atoms with Crippen LogP contribution in [0, 0.1) is 5.92 Å². The van der Waals surface area contributed by atoms with E-state index in [4.69, 9.17) is 5.73 Å². The van der Waals surface area contributed by atoms with Gasteiger partial charge in [0.05, 0.1) is 0 Å². The Labute approximate surface area is 157 Å². The second-order valence-corrected chi connectivity index (χ2v) is 6.83. The highest BCUT2D eigenvalue weighted by molar-refractivity contribution is 5.79. The Morgan fingerprint density at radius 2 is 1.88 bits per heavy atom. The maximum Gasteiger partial charge on any atom is 0.220 e. The van der Waals surface area contributed by atoms with E-state index >= 15 is 0 Å². The summed E-state index contributed by atoms with van der Waals surface area (Å²) in [5, 5.41) is 6.67. The lowest BCUT2D eigenvalue weighted by molar-refractivity contribution is -0.123.